The highest BCUT2D eigenvalue weighted by Gasteiger charge is 2.12. The summed E-state index contributed by atoms with van der Waals surface area (Å²) < 4.78 is 2.62. The lowest BCUT2D eigenvalue weighted by atomic mass is 9.97. The first-order valence-electron chi connectivity index (χ1n) is 10.1. The number of rotatable bonds is 3. The molecule has 1 aromatic heterocycles. The van der Waals surface area contributed by atoms with E-state index in [2.05, 4.69) is 115 Å². The van der Waals surface area contributed by atoms with Crippen LogP contribution in [0.5, 0.6) is 0 Å². The largest absolute Gasteiger partial charge is 0.354 e. The Labute approximate surface area is 179 Å². The first kappa shape index (κ1) is 17.3. The first-order valence-corrected chi connectivity index (χ1v) is 10.9. The lowest BCUT2D eigenvalue weighted by molar-refractivity contribution is 1.57. The Morgan fingerprint density at radius 2 is 1.10 bits per heavy atom. The quantitative estimate of drug-likeness (QED) is 0.313. The second-order valence-electron chi connectivity index (χ2n) is 7.48. The van der Waals surface area contributed by atoms with Crippen LogP contribution in [0.2, 0.25) is 0 Å². The SMILES string of the molecule is c1ccc(-c2cccc3ccccc23)c(Nc2cccc3c2sc2ccccc23)c1. The monoisotopic (exact) mass is 401 g/mol. The van der Waals surface area contributed by atoms with Gasteiger partial charge in [-0.1, -0.05) is 91.0 Å². The van der Waals surface area contributed by atoms with E-state index in [-0.39, 0.29) is 0 Å². The molecule has 2 heteroatoms. The molecule has 0 fully saturated rings. The van der Waals surface area contributed by atoms with Crippen LogP contribution in [0.4, 0.5) is 11.4 Å². The maximum absolute atomic E-state index is 3.75. The van der Waals surface area contributed by atoms with E-state index < -0.39 is 0 Å². The Morgan fingerprint density at radius 3 is 2.07 bits per heavy atom. The number of hydrogen-bond acceptors (Lipinski definition) is 2. The van der Waals surface area contributed by atoms with Gasteiger partial charge in [0, 0.05) is 26.7 Å². The molecular weight excluding hydrogens is 382 g/mol. The molecule has 0 atom stereocenters. The van der Waals surface area contributed by atoms with Gasteiger partial charge in [0.05, 0.1) is 10.4 Å². The van der Waals surface area contributed by atoms with Crippen LogP contribution in [0.15, 0.2) is 109 Å². The van der Waals surface area contributed by atoms with Gasteiger partial charge in [-0.3, -0.25) is 0 Å². The molecule has 0 radical (unpaired) electrons. The lowest BCUT2D eigenvalue weighted by Crippen LogP contribution is -1.94. The van der Waals surface area contributed by atoms with Gasteiger partial charge in [0.15, 0.2) is 0 Å². The standard InChI is InChI=1S/C28H19NS/c1-2-11-20-19(9-1)10-7-14-21(20)22-12-3-5-16-25(22)29-26-17-8-15-24-23-13-4-6-18-27(23)30-28(24)26/h1-18,29H. The predicted octanol–water partition coefficient (Wildman–Crippen LogP) is 8.62. The van der Waals surface area contributed by atoms with Crippen molar-refractivity contribution in [3.63, 3.8) is 0 Å². The predicted molar refractivity (Wildman–Crippen MR) is 132 cm³/mol. The van der Waals surface area contributed by atoms with Crippen molar-refractivity contribution in [1.29, 1.82) is 0 Å². The molecule has 0 saturated carbocycles. The molecule has 30 heavy (non-hydrogen) atoms. The van der Waals surface area contributed by atoms with Gasteiger partial charge in [0.1, 0.15) is 0 Å². The van der Waals surface area contributed by atoms with E-state index in [1.165, 1.54) is 42.1 Å². The molecule has 0 saturated heterocycles. The molecule has 0 aliphatic carbocycles. The molecule has 0 aliphatic rings. The summed E-state index contributed by atoms with van der Waals surface area (Å²) in [6.45, 7) is 0. The fourth-order valence-corrected chi connectivity index (χ4v) is 5.45. The van der Waals surface area contributed by atoms with Gasteiger partial charge < -0.3 is 5.32 Å². The molecule has 6 aromatic rings. The van der Waals surface area contributed by atoms with Crippen LogP contribution in [0.3, 0.4) is 0 Å². The summed E-state index contributed by atoms with van der Waals surface area (Å²) in [5.74, 6) is 0. The third-order valence-electron chi connectivity index (χ3n) is 5.68. The summed E-state index contributed by atoms with van der Waals surface area (Å²) in [6.07, 6.45) is 0. The molecule has 6 rings (SSSR count). The number of thiophene rings is 1. The number of para-hydroxylation sites is 1. The highest BCUT2D eigenvalue weighted by Crippen LogP contribution is 2.41. The average molecular weight is 402 g/mol. The molecule has 0 spiro atoms. The minimum atomic E-state index is 1.12. The molecule has 1 heterocycles. The van der Waals surface area contributed by atoms with Gasteiger partial charge >= 0.3 is 0 Å². The number of anilines is 2. The zero-order valence-corrected chi connectivity index (χ0v) is 17.1. The Balaban J connectivity index is 1.52. The molecule has 1 N–H and O–H groups in total. The van der Waals surface area contributed by atoms with Gasteiger partial charge in [-0.2, -0.15) is 0 Å². The number of benzene rings is 5. The van der Waals surface area contributed by atoms with Crippen molar-refractivity contribution in [2.24, 2.45) is 0 Å². The zero-order chi connectivity index (χ0) is 19.9. The third-order valence-corrected chi connectivity index (χ3v) is 6.90. The molecule has 0 unspecified atom stereocenters. The van der Waals surface area contributed by atoms with Crippen molar-refractivity contribution in [2.75, 3.05) is 5.32 Å². The topological polar surface area (TPSA) is 12.0 Å². The normalized spacial score (nSPS) is 11.3. The summed E-state index contributed by atoms with van der Waals surface area (Å²) in [4.78, 5) is 0. The molecule has 1 nitrogen and oxygen atoms in total. The second-order valence-corrected chi connectivity index (χ2v) is 8.53. The van der Waals surface area contributed by atoms with Gasteiger partial charge in [0.2, 0.25) is 0 Å². The van der Waals surface area contributed by atoms with E-state index in [9.17, 15) is 0 Å². The maximum Gasteiger partial charge on any atom is 0.0590 e. The van der Waals surface area contributed by atoms with Crippen molar-refractivity contribution >= 4 is 53.7 Å². The van der Waals surface area contributed by atoms with Crippen molar-refractivity contribution in [1.82, 2.24) is 0 Å². The maximum atomic E-state index is 3.75. The highest BCUT2D eigenvalue weighted by atomic mass is 32.1. The van der Waals surface area contributed by atoms with Crippen LogP contribution >= 0.6 is 11.3 Å². The third kappa shape index (κ3) is 2.77. The first-order chi connectivity index (χ1) is 14.9. The molecule has 0 amide bonds. The Bertz CT molecular complexity index is 1520. The van der Waals surface area contributed by atoms with Crippen LogP contribution in [-0.4, -0.2) is 0 Å². The number of hydrogen-bond donors (Lipinski definition) is 1. The Kier molecular flexibility index (Phi) is 4.03. The van der Waals surface area contributed by atoms with E-state index in [0.29, 0.717) is 0 Å². The van der Waals surface area contributed by atoms with Crippen molar-refractivity contribution in [2.45, 2.75) is 0 Å². The fraction of sp³-hybridized carbons (Fsp3) is 0. The summed E-state index contributed by atoms with van der Waals surface area (Å²) in [5.41, 5.74) is 4.74. The lowest BCUT2D eigenvalue weighted by Gasteiger charge is -2.15. The Morgan fingerprint density at radius 1 is 0.467 bits per heavy atom. The van der Waals surface area contributed by atoms with E-state index in [4.69, 9.17) is 0 Å². The molecular formula is C28H19NS. The van der Waals surface area contributed by atoms with Crippen molar-refractivity contribution in [3.8, 4) is 11.1 Å². The van der Waals surface area contributed by atoms with Gasteiger partial charge in [-0.25, -0.2) is 0 Å². The molecule has 5 aromatic carbocycles. The van der Waals surface area contributed by atoms with Crippen molar-refractivity contribution in [3.05, 3.63) is 109 Å². The van der Waals surface area contributed by atoms with Crippen LogP contribution in [0, 0.1) is 0 Å². The van der Waals surface area contributed by atoms with Crippen LogP contribution in [-0.2, 0) is 0 Å². The summed E-state index contributed by atoms with van der Waals surface area (Å²) in [5, 5.41) is 8.91. The van der Waals surface area contributed by atoms with E-state index in [1.54, 1.807) is 0 Å². The van der Waals surface area contributed by atoms with Crippen LogP contribution in [0.1, 0.15) is 0 Å². The molecule has 142 valence electrons. The summed E-state index contributed by atoms with van der Waals surface area (Å²) >= 11 is 1.85. The Hall–Kier alpha value is -3.62. The van der Waals surface area contributed by atoms with Gasteiger partial charge in [0.25, 0.3) is 0 Å². The number of nitrogens with one attached hydrogen (secondary N) is 1. The number of fused-ring (bicyclic) bond motifs is 4. The summed E-state index contributed by atoms with van der Waals surface area (Å²) in [7, 11) is 0. The van der Waals surface area contributed by atoms with Crippen LogP contribution in [0.25, 0.3) is 42.1 Å². The van der Waals surface area contributed by atoms with Gasteiger partial charge in [-0.15, -0.1) is 11.3 Å². The minimum absolute atomic E-state index is 1.12. The van der Waals surface area contributed by atoms with E-state index >= 15 is 0 Å². The van der Waals surface area contributed by atoms with Crippen molar-refractivity contribution < 1.29 is 0 Å². The minimum Gasteiger partial charge on any atom is -0.354 e. The molecule has 0 aliphatic heterocycles. The smallest absolute Gasteiger partial charge is 0.0590 e. The average Bonchev–Trinajstić information content (AvgIpc) is 3.19. The van der Waals surface area contributed by atoms with Crippen LogP contribution < -0.4 is 5.32 Å². The summed E-state index contributed by atoms with van der Waals surface area (Å²) in [6, 6.07) is 38.9. The van der Waals surface area contributed by atoms with Gasteiger partial charge in [-0.05, 0) is 34.5 Å². The van der Waals surface area contributed by atoms with E-state index in [1.807, 2.05) is 11.3 Å². The second kappa shape index (κ2) is 7.01. The zero-order valence-electron chi connectivity index (χ0n) is 16.3. The highest BCUT2D eigenvalue weighted by molar-refractivity contribution is 7.26. The van der Waals surface area contributed by atoms with E-state index in [0.717, 1.165) is 11.4 Å². The fourth-order valence-electron chi connectivity index (χ4n) is 4.28. The molecule has 0 bridgehead atoms.